The van der Waals surface area contributed by atoms with E-state index >= 15 is 0 Å². The number of benzene rings is 1. The molecule has 0 bridgehead atoms. The molecule has 1 fully saturated rings. The predicted molar refractivity (Wildman–Crippen MR) is 126 cm³/mol. The monoisotopic (exact) mass is 447 g/mol. The normalized spacial score (nSPS) is 14.8. The molecule has 0 aliphatic carbocycles. The first-order valence-electron chi connectivity index (χ1n) is 11.2. The minimum absolute atomic E-state index is 0.227. The summed E-state index contributed by atoms with van der Waals surface area (Å²) < 4.78 is 16.0. The van der Waals surface area contributed by atoms with Gasteiger partial charge in [0.05, 0.1) is 23.1 Å². The lowest BCUT2D eigenvalue weighted by molar-refractivity contribution is 0.102. The van der Waals surface area contributed by atoms with Crippen LogP contribution in [0.15, 0.2) is 42.9 Å². The summed E-state index contributed by atoms with van der Waals surface area (Å²) in [5, 5.41) is 12.0. The molecule has 1 saturated heterocycles. The van der Waals surface area contributed by atoms with Crippen molar-refractivity contribution >= 4 is 33.8 Å². The molecule has 0 radical (unpaired) electrons. The first kappa shape index (κ1) is 21.3. The maximum atomic E-state index is 14.4. The summed E-state index contributed by atoms with van der Waals surface area (Å²) in [5.74, 6) is -0.862. The van der Waals surface area contributed by atoms with E-state index in [9.17, 15) is 9.18 Å². The standard InChI is InChI=1S/C24H26FN7O/c1-3-8-30-9-11-31(12-10-30)21-5-4-19(22-18(21)6-7-26-29-22)24(33)28-17-13-20(25)23-27-16(2)14-32(23)15-17/h4-7,13-15H,3,8-12H2,1-2H3,(H,28,33). The zero-order valence-electron chi connectivity index (χ0n) is 18.8. The molecule has 1 aliphatic heterocycles. The number of carbonyl (C=O) groups excluding carboxylic acids is 1. The summed E-state index contributed by atoms with van der Waals surface area (Å²) >= 11 is 0. The SMILES string of the molecule is CCCN1CCN(c2ccc(C(=O)Nc3cc(F)c4nc(C)cn4c3)c3nnccc23)CC1. The van der Waals surface area contributed by atoms with Crippen LogP contribution in [0.3, 0.4) is 0 Å². The van der Waals surface area contributed by atoms with Crippen LogP contribution in [-0.4, -0.2) is 63.1 Å². The van der Waals surface area contributed by atoms with Gasteiger partial charge in [-0.1, -0.05) is 6.92 Å². The molecule has 3 aromatic heterocycles. The van der Waals surface area contributed by atoms with Gasteiger partial charge in [0.25, 0.3) is 5.91 Å². The fourth-order valence-corrected chi connectivity index (χ4v) is 4.50. The second-order valence-electron chi connectivity index (χ2n) is 8.40. The van der Waals surface area contributed by atoms with E-state index in [-0.39, 0.29) is 11.6 Å². The summed E-state index contributed by atoms with van der Waals surface area (Å²) in [6.07, 6.45) is 6.16. The first-order valence-corrected chi connectivity index (χ1v) is 11.2. The number of piperazine rings is 1. The Labute approximate surface area is 191 Å². The third-order valence-electron chi connectivity index (χ3n) is 6.04. The van der Waals surface area contributed by atoms with E-state index < -0.39 is 5.82 Å². The Morgan fingerprint density at radius 1 is 1.15 bits per heavy atom. The highest BCUT2D eigenvalue weighted by atomic mass is 19.1. The number of nitrogens with one attached hydrogen (secondary N) is 1. The first-order chi connectivity index (χ1) is 16.0. The number of carbonyl (C=O) groups is 1. The number of hydrogen-bond donors (Lipinski definition) is 1. The van der Waals surface area contributed by atoms with Gasteiger partial charge in [-0.2, -0.15) is 5.10 Å². The predicted octanol–water partition coefficient (Wildman–Crippen LogP) is 3.51. The largest absolute Gasteiger partial charge is 0.368 e. The lowest BCUT2D eigenvalue weighted by Gasteiger charge is -2.36. The van der Waals surface area contributed by atoms with Gasteiger partial charge < -0.3 is 14.6 Å². The van der Waals surface area contributed by atoms with Crippen molar-refractivity contribution in [2.45, 2.75) is 20.3 Å². The smallest absolute Gasteiger partial charge is 0.257 e. The molecular formula is C24H26FN7O. The number of hydrogen-bond acceptors (Lipinski definition) is 6. The second kappa shape index (κ2) is 8.74. The molecule has 1 aliphatic rings. The highest BCUT2D eigenvalue weighted by Gasteiger charge is 2.21. The summed E-state index contributed by atoms with van der Waals surface area (Å²) in [4.78, 5) is 22.1. The number of aryl methyl sites for hydroxylation is 1. The Bertz CT molecular complexity index is 1330. The lowest BCUT2D eigenvalue weighted by Crippen LogP contribution is -2.46. The number of halogens is 1. The molecule has 0 unspecified atom stereocenters. The second-order valence-corrected chi connectivity index (χ2v) is 8.40. The number of imidazole rings is 1. The van der Waals surface area contributed by atoms with Crippen molar-refractivity contribution in [2.75, 3.05) is 42.9 Å². The van der Waals surface area contributed by atoms with E-state index in [4.69, 9.17) is 0 Å². The van der Waals surface area contributed by atoms with E-state index in [2.05, 4.69) is 37.2 Å². The molecule has 4 heterocycles. The zero-order chi connectivity index (χ0) is 22.9. The Kier molecular flexibility index (Phi) is 5.63. The van der Waals surface area contributed by atoms with E-state index in [1.54, 1.807) is 36.0 Å². The summed E-state index contributed by atoms with van der Waals surface area (Å²) in [7, 11) is 0. The molecule has 1 aromatic carbocycles. The minimum atomic E-state index is -0.497. The molecule has 5 rings (SSSR count). The third kappa shape index (κ3) is 4.11. The van der Waals surface area contributed by atoms with Gasteiger partial charge >= 0.3 is 0 Å². The molecule has 1 amide bonds. The van der Waals surface area contributed by atoms with E-state index in [0.29, 0.717) is 22.5 Å². The highest BCUT2D eigenvalue weighted by molar-refractivity contribution is 6.13. The Hall–Kier alpha value is -3.59. The van der Waals surface area contributed by atoms with Gasteiger partial charge in [0, 0.05) is 55.7 Å². The number of amides is 1. The maximum Gasteiger partial charge on any atom is 0.257 e. The number of pyridine rings is 1. The highest BCUT2D eigenvalue weighted by Crippen LogP contribution is 2.29. The quantitative estimate of drug-likeness (QED) is 0.505. The van der Waals surface area contributed by atoms with Gasteiger partial charge in [0.15, 0.2) is 11.5 Å². The van der Waals surface area contributed by atoms with Crippen molar-refractivity contribution in [1.82, 2.24) is 24.5 Å². The van der Waals surface area contributed by atoms with Gasteiger partial charge in [-0.3, -0.25) is 9.69 Å². The number of aromatic nitrogens is 4. The van der Waals surface area contributed by atoms with Crippen LogP contribution < -0.4 is 10.2 Å². The van der Waals surface area contributed by atoms with Crippen LogP contribution in [0.1, 0.15) is 29.4 Å². The molecule has 170 valence electrons. The Balaban J connectivity index is 1.43. The molecule has 0 atom stereocenters. The Morgan fingerprint density at radius 3 is 2.76 bits per heavy atom. The van der Waals surface area contributed by atoms with Gasteiger partial charge in [0.2, 0.25) is 0 Å². The van der Waals surface area contributed by atoms with Gasteiger partial charge in [-0.15, -0.1) is 5.10 Å². The van der Waals surface area contributed by atoms with Gasteiger partial charge in [-0.05, 0) is 38.1 Å². The average molecular weight is 448 g/mol. The van der Waals surface area contributed by atoms with Crippen LogP contribution in [0.5, 0.6) is 0 Å². The van der Waals surface area contributed by atoms with Gasteiger partial charge in [-0.25, -0.2) is 9.37 Å². The molecule has 1 N–H and O–H groups in total. The number of fused-ring (bicyclic) bond motifs is 2. The van der Waals surface area contributed by atoms with Crippen molar-refractivity contribution in [3.63, 3.8) is 0 Å². The number of nitrogens with zero attached hydrogens (tertiary/aromatic N) is 6. The zero-order valence-corrected chi connectivity index (χ0v) is 18.8. The molecule has 0 spiro atoms. The van der Waals surface area contributed by atoms with Crippen LogP contribution in [0.25, 0.3) is 16.6 Å². The summed E-state index contributed by atoms with van der Waals surface area (Å²) in [6.45, 7) is 8.98. The van der Waals surface area contributed by atoms with Gasteiger partial charge in [0.1, 0.15) is 5.52 Å². The maximum absolute atomic E-state index is 14.4. The lowest BCUT2D eigenvalue weighted by atomic mass is 10.1. The van der Waals surface area contributed by atoms with E-state index in [1.807, 2.05) is 12.1 Å². The van der Waals surface area contributed by atoms with Crippen LogP contribution in [0, 0.1) is 12.7 Å². The van der Waals surface area contributed by atoms with Crippen molar-refractivity contribution in [3.05, 3.63) is 59.9 Å². The number of rotatable bonds is 5. The van der Waals surface area contributed by atoms with E-state index in [0.717, 1.165) is 50.2 Å². The van der Waals surface area contributed by atoms with Crippen LogP contribution in [-0.2, 0) is 0 Å². The summed E-state index contributed by atoms with van der Waals surface area (Å²) in [5.41, 5.74) is 3.25. The molecule has 9 heteroatoms. The molecule has 8 nitrogen and oxygen atoms in total. The molecule has 33 heavy (non-hydrogen) atoms. The van der Waals surface area contributed by atoms with Crippen molar-refractivity contribution in [2.24, 2.45) is 0 Å². The summed E-state index contributed by atoms with van der Waals surface area (Å²) in [6, 6.07) is 6.91. The molecular weight excluding hydrogens is 421 g/mol. The van der Waals surface area contributed by atoms with E-state index in [1.165, 1.54) is 6.07 Å². The van der Waals surface area contributed by atoms with Crippen molar-refractivity contribution < 1.29 is 9.18 Å². The number of anilines is 2. The molecule has 0 saturated carbocycles. The minimum Gasteiger partial charge on any atom is -0.368 e. The fraction of sp³-hybridized carbons (Fsp3) is 0.333. The topological polar surface area (TPSA) is 78.7 Å². The Morgan fingerprint density at radius 2 is 1.97 bits per heavy atom. The molecule has 4 aromatic rings. The van der Waals surface area contributed by atoms with Crippen LogP contribution in [0.2, 0.25) is 0 Å². The average Bonchev–Trinajstić information content (AvgIpc) is 3.20. The fourth-order valence-electron chi connectivity index (χ4n) is 4.50. The van der Waals surface area contributed by atoms with Crippen LogP contribution >= 0.6 is 0 Å². The van der Waals surface area contributed by atoms with Crippen molar-refractivity contribution in [1.29, 1.82) is 0 Å². The van der Waals surface area contributed by atoms with Crippen molar-refractivity contribution in [3.8, 4) is 0 Å². The van der Waals surface area contributed by atoms with Crippen LogP contribution in [0.4, 0.5) is 15.8 Å². The third-order valence-corrected chi connectivity index (χ3v) is 6.04.